The summed E-state index contributed by atoms with van der Waals surface area (Å²) in [6, 6.07) is 10.3. The Kier molecular flexibility index (Phi) is 3.83. The van der Waals surface area contributed by atoms with E-state index in [4.69, 9.17) is 0 Å². The molecule has 1 aliphatic heterocycles. The van der Waals surface area contributed by atoms with Crippen LogP contribution in [0.5, 0.6) is 0 Å². The molecule has 0 aromatic heterocycles. The molecule has 0 bridgehead atoms. The third-order valence-corrected chi connectivity index (χ3v) is 4.18. The van der Waals surface area contributed by atoms with Gasteiger partial charge >= 0.3 is 0 Å². The number of likely N-dealkylation sites (tertiary alicyclic amines) is 1. The number of nitrogens with one attached hydrogen (secondary N) is 1. The zero-order valence-corrected chi connectivity index (χ0v) is 11.3. The molecule has 1 aromatic rings. The fourth-order valence-electron chi connectivity index (χ4n) is 3.00. The van der Waals surface area contributed by atoms with Crippen LogP contribution in [0.4, 0.5) is 0 Å². The standard InChI is InChI=1S/C16H22N2O/c19-16(17-12-13-6-2-1-3-7-13)15(14-8-9-14)18-10-4-5-11-18/h1-3,6-7,14-15H,4-5,8-12H2,(H,17,19)/t15-/m0/s1. The molecule has 0 unspecified atom stereocenters. The van der Waals surface area contributed by atoms with Crippen molar-refractivity contribution in [3.8, 4) is 0 Å². The molecule has 1 atom stereocenters. The molecule has 1 saturated heterocycles. The van der Waals surface area contributed by atoms with Crippen molar-refractivity contribution in [2.24, 2.45) is 5.92 Å². The Morgan fingerprint density at radius 1 is 1.21 bits per heavy atom. The second-order valence-electron chi connectivity index (χ2n) is 5.73. The van der Waals surface area contributed by atoms with Gasteiger partial charge in [-0.15, -0.1) is 0 Å². The van der Waals surface area contributed by atoms with Crippen molar-refractivity contribution in [1.29, 1.82) is 0 Å². The highest BCUT2D eigenvalue weighted by Gasteiger charge is 2.40. The maximum absolute atomic E-state index is 12.4. The quantitative estimate of drug-likeness (QED) is 0.878. The van der Waals surface area contributed by atoms with E-state index in [1.807, 2.05) is 18.2 Å². The molecule has 2 aliphatic rings. The lowest BCUT2D eigenvalue weighted by Gasteiger charge is -2.26. The number of hydrogen-bond acceptors (Lipinski definition) is 2. The van der Waals surface area contributed by atoms with Crippen LogP contribution in [-0.2, 0) is 11.3 Å². The molecule has 1 aromatic carbocycles. The van der Waals surface area contributed by atoms with Crippen LogP contribution >= 0.6 is 0 Å². The summed E-state index contributed by atoms with van der Waals surface area (Å²) in [5.41, 5.74) is 1.17. The van der Waals surface area contributed by atoms with Crippen molar-refractivity contribution >= 4 is 5.91 Å². The van der Waals surface area contributed by atoms with E-state index in [0.29, 0.717) is 12.5 Å². The predicted molar refractivity (Wildman–Crippen MR) is 75.6 cm³/mol. The van der Waals surface area contributed by atoms with E-state index >= 15 is 0 Å². The van der Waals surface area contributed by atoms with Crippen molar-refractivity contribution in [2.75, 3.05) is 13.1 Å². The maximum Gasteiger partial charge on any atom is 0.237 e. The van der Waals surface area contributed by atoms with Crippen molar-refractivity contribution in [3.63, 3.8) is 0 Å². The first-order valence-corrected chi connectivity index (χ1v) is 7.40. The lowest BCUT2D eigenvalue weighted by Crippen LogP contribution is -2.46. The van der Waals surface area contributed by atoms with E-state index in [-0.39, 0.29) is 11.9 Å². The van der Waals surface area contributed by atoms with Gasteiger partial charge in [0.1, 0.15) is 0 Å². The van der Waals surface area contributed by atoms with Gasteiger partial charge in [0, 0.05) is 6.54 Å². The lowest BCUT2D eigenvalue weighted by atomic mass is 10.1. The van der Waals surface area contributed by atoms with Crippen LogP contribution in [0.1, 0.15) is 31.2 Å². The van der Waals surface area contributed by atoms with Crippen LogP contribution in [0.2, 0.25) is 0 Å². The number of carbonyl (C=O) groups excluding carboxylic acids is 1. The Morgan fingerprint density at radius 3 is 2.53 bits per heavy atom. The molecular weight excluding hydrogens is 236 g/mol. The number of carbonyl (C=O) groups is 1. The predicted octanol–water partition coefficient (Wildman–Crippen LogP) is 2.18. The Hall–Kier alpha value is -1.35. The van der Waals surface area contributed by atoms with Gasteiger partial charge in [0.15, 0.2) is 0 Å². The van der Waals surface area contributed by atoms with E-state index in [0.717, 1.165) is 13.1 Å². The maximum atomic E-state index is 12.4. The summed E-state index contributed by atoms with van der Waals surface area (Å²) < 4.78 is 0. The summed E-state index contributed by atoms with van der Waals surface area (Å²) in [4.78, 5) is 14.8. The normalized spacial score (nSPS) is 21.3. The third kappa shape index (κ3) is 3.16. The van der Waals surface area contributed by atoms with E-state index in [9.17, 15) is 4.79 Å². The first kappa shape index (κ1) is 12.7. The highest BCUT2D eigenvalue weighted by atomic mass is 16.2. The van der Waals surface area contributed by atoms with Crippen molar-refractivity contribution in [1.82, 2.24) is 10.2 Å². The fraction of sp³-hybridized carbons (Fsp3) is 0.562. The molecule has 1 heterocycles. The van der Waals surface area contributed by atoms with Gasteiger partial charge < -0.3 is 5.32 Å². The average molecular weight is 258 g/mol. The molecule has 1 saturated carbocycles. The Labute approximate surface area is 115 Å². The van der Waals surface area contributed by atoms with Gasteiger partial charge in [-0.25, -0.2) is 0 Å². The van der Waals surface area contributed by atoms with Crippen LogP contribution in [-0.4, -0.2) is 29.9 Å². The van der Waals surface area contributed by atoms with E-state index < -0.39 is 0 Å². The van der Waals surface area contributed by atoms with Gasteiger partial charge in [-0.3, -0.25) is 9.69 Å². The number of nitrogens with zero attached hydrogens (tertiary/aromatic N) is 1. The van der Waals surface area contributed by atoms with Gasteiger partial charge in [-0.05, 0) is 50.3 Å². The molecular formula is C16H22N2O. The number of benzene rings is 1. The molecule has 3 heteroatoms. The zero-order chi connectivity index (χ0) is 13.1. The molecule has 2 fully saturated rings. The zero-order valence-electron chi connectivity index (χ0n) is 11.3. The highest BCUT2D eigenvalue weighted by Crippen LogP contribution is 2.36. The minimum Gasteiger partial charge on any atom is -0.351 e. The third-order valence-electron chi connectivity index (χ3n) is 4.18. The molecule has 1 aliphatic carbocycles. The number of hydrogen-bond donors (Lipinski definition) is 1. The monoisotopic (exact) mass is 258 g/mol. The minimum absolute atomic E-state index is 0.131. The van der Waals surface area contributed by atoms with E-state index in [2.05, 4.69) is 22.3 Å². The largest absolute Gasteiger partial charge is 0.351 e. The second kappa shape index (κ2) is 5.74. The summed E-state index contributed by atoms with van der Waals surface area (Å²) >= 11 is 0. The molecule has 0 spiro atoms. The number of rotatable bonds is 5. The van der Waals surface area contributed by atoms with E-state index in [1.165, 1.54) is 31.2 Å². The van der Waals surface area contributed by atoms with Gasteiger partial charge in [0.05, 0.1) is 6.04 Å². The molecule has 19 heavy (non-hydrogen) atoms. The SMILES string of the molecule is O=C(NCc1ccccc1)[C@H](C1CC1)N1CCCC1. The van der Waals surface area contributed by atoms with Crippen molar-refractivity contribution in [2.45, 2.75) is 38.3 Å². The van der Waals surface area contributed by atoms with Crippen LogP contribution in [0, 0.1) is 5.92 Å². The summed E-state index contributed by atoms with van der Waals surface area (Å²) in [5.74, 6) is 0.835. The van der Waals surface area contributed by atoms with Crippen LogP contribution in [0.25, 0.3) is 0 Å². The van der Waals surface area contributed by atoms with Crippen LogP contribution < -0.4 is 5.32 Å². The molecule has 3 nitrogen and oxygen atoms in total. The Bertz CT molecular complexity index is 422. The van der Waals surface area contributed by atoms with Crippen LogP contribution in [0.3, 0.4) is 0 Å². The smallest absolute Gasteiger partial charge is 0.237 e. The first-order valence-electron chi connectivity index (χ1n) is 7.40. The van der Waals surface area contributed by atoms with Crippen molar-refractivity contribution < 1.29 is 4.79 Å². The van der Waals surface area contributed by atoms with Gasteiger partial charge in [-0.2, -0.15) is 0 Å². The molecule has 102 valence electrons. The van der Waals surface area contributed by atoms with Crippen molar-refractivity contribution in [3.05, 3.63) is 35.9 Å². The second-order valence-corrected chi connectivity index (χ2v) is 5.73. The topological polar surface area (TPSA) is 32.3 Å². The molecule has 0 radical (unpaired) electrons. The Balaban J connectivity index is 1.58. The number of amides is 1. The fourth-order valence-corrected chi connectivity index (χ4v) is 3.00. The summed E-state index contributed by atoms with van der Waals surface area (Å²) in [6.07, 6.45) is 4.93. The van der Waals surface area contributed by atoms with Gasteiger partial charge in [0.2, 0.25) is 5.91 Å². The molecule has 1 amide bonds. The van der Waals surface area contributed by atoms with Crippen LogP contribution in [0.15, 0.2) is 30.3 Å². The lowest BCUT2D eigenvalue weighted by molar-refractivity contribution is -0.127. The minimum atomic E-state index is 0.131. The first-order chi connectivity index (χ1) is 9.34. The molecule has 1 N–H and O–H groups in total. The van der Waals surface area contributed by atoms with Gasteiger partial charge in [-0.1, -0.05) is 30.3 Å². The summed E-state index contributed by atoms with van der Waals surface area (Å²) in [6.45, 7) is 2.84. The average Bonchev–Trinajstić information content (AvgIpc) is 3.12. The van der Waals surface area contributed by atoms with Gasteiger partial charge in [0.25, 0.3) is 0 Å². The summed E-state index contributed by atoms with van der Waals surface area (Å²) in [7, 11) is 0. The van der Waals surface area contributed by atoms with E-state index in [1.54, 1.807) is 0 Å². The summed E-state index contributed by atoms with van der Waals surface area (Å²) in [5, 5.41) is 3.12. The highest BCUT2D eigenvalue weighted by molar-refractivity contribution is 5.82. The molecule has 3 rings (SSSR count). The Morgan fingerprint density at radius 2 is 1.89 bits per heavy atom.